The first kappa shape index (κ1) is 102. The SMILES string of the molecule is [N-]=[N+]=NCCCCCOC1OC2COC(c3ccccc3)OC2C(OC2OC([C@@H](COC(=O)c3ccccc3)OC(=O)c3ccccc3)C(OC3OC(COC(=O)c4ccccc4)C(OCc4ccccc4)C(OC4OC(COCc5ccccc5)C(OCc5ccccc5)C(OCc5ccc6ccccc6c5)C4OC(=O)c4ccccc4)C3OCc3ccccc3)C2OC(=O)c2ccccc2)C1OCc1ccccc1. The Hall–Kier alpha value is -13.9. The van der Waals surface area contributed by atoms with Gasteiger partial charge in [0.2, 0.25) is 0 Å². The van der Waals surface area contributed by atoms with Gasteiger partial charge in [0.1, 0.15) is 92.6 Å². The molecule has 18 rings (SSSR count). The van der Waals surface area contributed by atoms with E-state index in [2.05, 4.69) is 10.0 Å². The fourth-order valence-electron chi connectivity index (χ4n) is 18.2. The number of hydrogen-bond donors (Lipinski definition) is 0. The van der Waals surface area contributed by atoms with Crippen molar-refractivity contribution in [3.63, 3.8) is 0 Å². The van der Waals surface area contributed by atoms with Crippen LogP contribution in [0.25, 0.3) is 21.2 Å². The number of ether oxygens (including phenoxy) is 21. The Balaban J connectivity index is 0.829. The first-order chi connectivity index (χ1) is 71.9. The Morgan fingerprint density at radius 3 is 1.26 bits per heavy atom. The van der Waals surface area contributed by atoms with E-state index in [0.29, 0.717) is 36.0 Å². The molecule has 21 atom stereocenters. The molecule has 0 radical (unpaired) electrons. The Bertz CT molecular complexity index is 6290. The highest BCUT2D eigenvalue weighted by atomic mass is 16.8. The number of unbranched alkanes of at least 4 members (excludes halogenated alkanes) is 2. The first-order valence-corrected chi connectivity index (χ1v) is 49.0. The van der Waals surface area contributed by atoms with Gasteiger partial charge < -0.3 is 99.5 Å². The summed E-state index contributed by atoms with van der Waals surface area (Å²) in [5, 5.41) is 5.66. The summed E-state index contributed by atoms with van der Waals surface area (Å²) in [7, 11) is 0. The summed E-state index contributed by atoms with van der Waals surface area (Å²) in [4.78, 5) is 80.3. The fraction of sp³-hybridized carbons (Fsp3) is 0.308. The molecule has 13 aromatic rings. The monoisotopic (exact) mass is 1980 g/mol. The largest absolute Gasteiger partial charge is 0.459 e. The zero-order chi connectivity index (χ0) is 99.8. The Kier molecular flexibility index (Phi) is 36.6. The van der Waals surface area contributed by atoms with E-state index < -0.39 is 172 Å². The molecule has 0 bridgehead atoms. The van der Waals surface area contributed by atoms with Gasteiger partial charge in [0.15, 0.2) is 49.8 Å². The molecule has 20 unspecified atom stereocenters. The first-order valence-electron chi connectivity index (χ1n) is 49.0. The molecule has 5 aliphatic rings. The third-order valence-electron chi connectivity index (χ3n) is 25.6. The van der Waals surface area contributed by atoms with Gasteiger partial charge in [0.25, 0.3) is 0 Å². The summed E-state index contributed by atoms with van der Waals surface area (Å²) < 4.78 is 152. The summed E-state index contributed by atoms with van der Waals surface area (Å²) in [6, 6.07) is 111. The zero-order valence-corrected chi connectivity index (χ0v) is 80.0. The predicted molar refractivity (Wildman–Crippen MR) is 532 cm³/mol. The zero-order valence-electron chi connectivity index (χ0n) is 80.0. The van der Waals surface area contributed by atoms with Crippen molar-refractivity contribution in [3.05, 3.63) is 453 Å². The lowest BCUT2D eigenvalue weighted by Crippen LogP contribution is -2.67. The molecule has 0 amide bonds. The van der Waals surface area contributed by atoms with Crippen molar-refractivity contribution < 1.29 is 123 Å². The van der Waals surface area contributed by atoms with Crippen molar-refractivity contribution >= 4 is 40.6 Å². The molecular formula is C117H113N3O26. The number of carbonyl (C=O) groups is 5. The maximum absolute atomic E-state index is 16.1. The normalized spacial score (nSPS) is 24.5. The molecule has 0 spiro atoms. The molecule has 0 aliphatic carbocycles. The molecule has 0 aromatic heterocycles. The van der Waals surface area contributed by atoms with Crippen LogP contribution in [-0.4, -0.2) is 192 Å². The van der Waals surface area contributed by atoms with Gasteiger partial charge in [-0.3, -0.25) is 0 Å². The van der Waals surface area contributed by atoms with Gasteiger partial charge in [-0.1, -0.05) is 321 Å². The molecule has 146 heavy (non-hydrogen) atoms. The van der Waals surface area contributed by atoms with E-state index in [1.807, 2.05) is 224 Å². The summed E-state index contributed by atoms with van der Waals surface area (Å²) in [5.41, 5.74) is 14.7. The lowest BCUT2D eigenvalue weighted by Gasteiger charge is -2.50. The van der Waals surface area contributed by atoms with Gasteiger partial charge in [-0.2, -0.15) is 0 Å². The summed E-state index contributed by atoms with van der Waals surface area (Å²) in [6.45, 7) is -1.94. The van der Waals surface area contributed by atoms with Crippen LogP contribution >= 0.6 is 0 Å². The number of nitrogens with zero attached hydrogens (tertiary/aromatic N) is 3. The highest BCUT2D eigenvalue weighted by molar-refractivity contribution is 5.92. The second-order valence-electron chi connectivity index (χ2n) is 35.7. The van der Waals surface area contributed by atoms with E-state index in [1.165, 1.54) is 12.1 Å². The van der Waals surface area contributed by atoms with Crippen LogP contribution in [0.15, 0.2) is 381 Å². The van der Waals surface area contributed by atoms with E-state index >= 15 is 19.2 Å². The summed E-state index contributed by atoms with van der Waals surface area (Å²) in [5.74, 6) is -4.34. The molecule has 29 nitrogen and oxygen atoms in total. The molecule has 13 aromatic carbocycles. The number of fused-ring (bicyclic) bond motifs is 2. The number of carbonyl (C=O) groups excluding carboxylic acids is 5. The maximum atomic E-state index is 16.1. The van der Waals surface area contributed by atoms with Crippen LogP contribution in [0.4, 0.5) is 0 Å². The van der Waals surface area contributed by atoms with E-state index in [1.54, 1.807) is 140 Å². The van der Waals surface area contributed by atoms with Crippen molar-refractivity contribution in [1.82, 2.24) is 0 Å². The second-order valence-corrected chi connectivity index (χ2v) is 35.7. The van der Waals surface area contributed by atoms with Gasteiger partial charge in [-0.15, -0.1) is 0 Å². The van der Waals surface area contributed by atoms with Crippen molar-refractivity contribution in [2.24, 2.45) is 5.11 Å². The van der Waals surface area contributed by atoms with Gasteiger partial charge >= 0.3 is 29.8 Å². The number of hydrogen-bond acceptors (Lipinski definition) is 27. The molecule has 752 valence electrons. The van der Waals surface area contributed by atoms with E-state index in [4.69, 9.17) is 99.5 Å². The average molecular weight is 1980 g/mol. The molecular weight excluding hydrogens is 1860 g/mol. The van der Waals surface area contributed by atoms with Crippen LogP contribution in [0.2, 0.25) is 0 Å². The lowest BCUT2D eigenvalue weighted by molar-refractivity contribution is -0.384. The van der Waals surface area contributed by atoms with Crippen LogP contribution < -0.4 is 0 Å². The van der Waals surface area contributed by atoms with Gasteiger partial charge in [0.05, 0.1) is 80.7 Å². The number of azide groups is 1. The third-order valence-corrected chi connectivity index (χ3v) is 25.6. The molecule has 0 saturated carbocycles. The third kappa shape index (κ3) is 27.5. The number of rotatable bonds is 46. The van der Waals surface area contributed by atoms with Crippen LogP contribution in [0.1, 0.15) is 116 Å². The van der Waals surface area contributed by atoms with Crippen LogP contribution in [0.3, 0.4) is 0 Å². The van der Waals surface area contributed by atoms with Crippen molar-refractivity contribution in [1.29, 1.82) is 0 Å². The number of benzene rings is 13. The summed E-state index contributed by atoms with van der Waals surface area (Å²) in [6.07, 6.45) is -30.8. The van der Waals surface area contributed by atoms with Crippen molar-refractivity contribution in [2.75, 3.05) is 39.6 Å². The summed E-state index contributed by atoms with van der Waals surface area (Å²) >= 11 is 0. The second kappa shape index (κ2) is 52.3. The Labute approximate surface area is 845 Å². The number of esters is 5. The Morgan fingerprint density at radius 2 is 0.733 bits per heavy atom. The van der Waals surface area contributed by atoms with Gasteiger partial charge in [0, 0.05) is 23.6 Å². The smallest absolute Gasteiger partial charge is 0.338 e. The topological polar surface area (TPSA) is 328 Å². The van der Waals surface area contributed by atoms with Crippen molar-refractivity contribution in [2.45, 2.75) is 188 Å². The molecule has 29 heteroatoms. The quantitative estimate of drug-likeness (QED) is 0.00854. The maximum Gasteiger partial charge on any atom is 0.338 e. The van der Waals surface area contributed by atoms with Crippen LogP contribution in [-0.2, 0) is 139 Å². The van der Waals surface area contributed by atoms with Gasteiger partial charge in [-0.05, 0) is 129 Å². The van der Waals surface area contributed by atoms with E-state index in [0.717, 1.165) is 33.0 Å². The van der Waals surface area contributed by atoms with E-state index in [9.17, 15) is 10.3 Å². The molecule has 0 N–H and O–H groups in total. The average Bonchev–Trinajstić information content (AvgIpc) is 1.43. The molecule has 5 saturated heterocycles. The highest BCUT2D eigenvalue weighted by Crippen LogP contribution is 2.45. The fourth-order valence-corrected chi connectivity index (χ4v) is 18.2. The van der Waals surface area contributed by atoms with Crippen molar-refractivity contribution in [3.8, 4) is 0 Å². The molecule has 5 aliphatic heterocycles. The van der Waals surface area contributed by atoms with Crippen LogP contribution in [0.5, 0.6) is 0 Å². The minimum atomic E-state index is -1.99. The highest BCUT2D eigenvalue weighted by Gasteiger charge is 2.62. The minimum absolute atomic E-state index is 0.00652. The molecule has 5 heterocycles. The lowest BCUT2D eigenvalue weighted by atomic mass is 9.95. The van der Waals surface area contributed by atoms with Gasteiger partial charge in [-0.25, -0.2) is 24.0 Å². The van der Waals surface area contributed by atoms with Crippen LogP contribution in [0, 0.1) is 0 Å². The van der Waals surface area contributed by atoms with E-state index in [-0.39, 0.29) is 93.8 Å². The minimum Gasteiger partial charge on any atom is -0.459 e. The standard InChI is InChI=1S/C117H113N3O26/c118-120-119-65-37-12-38-66-127-114-104(131-71-81-45-19-4-20-46-81)102(99-95(137-114)77-135-113(142-99)90-60-33-11-34-61-90)145-117-107(141-112(125)89-58-31-10-32-59-89)103(98(143-117)94(136-110(123)87-54-27-8-28-55-87)76-134-109(122)86-52-25-7-26-53-86)146-115-105(132-72-82-47-21-5-22-48-82)101(97(129-70-80-43-17-3-18-44-80)93(139-115)75-133-108(121)85-50-23-6-24-51-85)144-116-106(140-111(124)88-56-29-9-30-57-88)100(130-73-83-63-64-84-49-35-36-62-91(84)67-83)96(128-69-79-41-15-2-16-42-79)92(138-116)74-126-68-78-39-13-1-14-40-78/h1-11,13-36,39-64,67,92-107,113-117H,12,37-38,65-66,68-77H2/t92?,93?,94-,95?,96?,97?,98?,99?,100?,101?,102?,103?,104?,105?,106?,107?,113?,114?,115?,116?,117?/m1/s1. The Morgan fingerprint density at radius 1 is 0.329 bits per heavy atom. The predicted octanol–water partition coefficient (Wildman–Crippen LogP) is 19.3. The molecule has 5 fully saturated rings.